The SMILES string of the molecule is Cc1cc(CNCCCOc2ccccc2)n(C)n1. The Bertz CT molecular complexity index is 493. The highest BCUT2D eigenvalue weighted by Gasteiger charge is 2.00. The fraction of sp³-hybridized carbons (Fsp3) is 0.400. The summed E-state index contributed by atoms with van der Waals surface area (Å²) in [6.07, 6.45) is 0.992. The molecule has 2 aromatic rings. The summed E-state index contributed by atoms with van der Waals surface area (Å²) in [5.74, 6) is 0.935. The minimum Gasteiger partial charge on any atom is -0.494 e. The largest absolute Gasteiger partial charge is 0.494 e. The maximum atomic E-state index is 5.63. The second-order valence-corrected chi connectivity index (χ2v) is 4.59. The van der Waals surface area contributed by atoms with Gasteiger partial charge in [-0.15, -0.1) is 0 Å². The van der Waals surface area contributed by atoms with E-state index >= 15 is 0 Å². The summed E-state index contributed by atoms with van der Waals surface area (Å²) in [4.78, 5) is 0. The number of para-hydroxylation sites is 1. The second-order valence-electron chi connectivity index (χ2n) is 4.59. The van der Waals surface area contributed by atoms with Crippen LogP contribution in [0.3, 0.4) is 0 Å². The van der Waals surface area contributed by atoms with E-state index in [0.29, 0.717) is 0 Å². The van der Waals surface area contributed by atoms with Gasteiger partial charge in [0, 0.05) is 13.6 Å². The molecule has 1 heterocycles. The topological polar surface area (TPSA) is 39.1 Å². The van der Waals surface area contributed by atoms with Crippen molar-refractivity contribution in [3.05, 3.63) is 47.8 Å². The molecule has 0 bridgehead atoms. The summed E-state index contributed by atoms with van der Waals surface area (Å²) in [5, 5.41) is 7.72. The Balaban J connectivity index is 1.59. The van der Waals surface area contributed by atoms with Gasteiger partial charge in [0.05, 0.1) is 18.0 Å². The van der Waals surface area contributed by atoms with Crippen LogP contribution in [0.15, 0.2) is 36.4 Å². The van der Waals surface area contributed by atoms with E-state index < -0.39 is 0 Å². The van der Waals surface area contributed by atoms with E-state index in [2.05, 4.69) is 16.5 Å². The minimum atomic E-state index is 0.738. The van der Waals surface area contributed by atoms with Gasteiger partial charge in [-0.3, -0.25) is 4.68 Å². The molecule has 1 aromatic carbocycles. The van der Waals surface area contributed by atoms with E-state index in [9.17, 15) is 0 Å². The lowest BCUT2D eigenvalue weighted by Gasteiger charge is -2.07. The Hall–Kier alpha value is -1.81. The highest BCUT2D eigenvalue weighted by Crippen LogP contribution is 2.08. The highest BCUT2D eigenvalue weighted by atomic mass is 16.5. The Morgan fingerprint density at radius 2 is 2.05 bits per heavy atom. The predicted molar refractivity (Wildman–Crippen MR) is 76.2 cm³/mol. The third-order valence-electron chi connectivity index (χ3n) is 2.91. The number of rotatable bonds is 7. The average Bonchev–Trinajstić information content (AvgIpc) is 2.73. The molecule has 0 unspecified atom stereocenters. The molecule has 0 spiro atoms. The van der Waals surface area contributed by atoms with Crippen LogP contribution >= 0.6 is 0 Å². The van der Waals surface area contributed by atoms with Crippen molar-refractivity contribution in [3.63, 3.8) is 0 Å². The first-order valence-corrected chi connectivity index (χ1v) is 6.64. The number of nitrogens with zero attached hydrogens (tertiary/aromatic N) is 2. The van der Waals surface area contributed by atoms with Gasteiger partial charge in [-0.05, 0) is 38.1 Å². The first kappa shape index (κ1) is 13.6. The van der Waals surface area contributed by atoms with Gasteiger partial charge in [-0.2, -0.15) is 5.10 Å². The van der Waals surface area contributed by atoms with Crippen LogP contribution in [0.25, 0.3) is 0 Å². The zero-order valence-electron chi connectivity index (χ0n) is 11.6. The van der Waals surface area contributed by atoms with E-state index in [1.54, 1.807) is 0 Å². The summed E-state index contributed by atoms with van der Waals surface area (Å²) >= 11 is 0. The quantitative estimate of drug-likeness (QED) is 0.775. The fourth-order valence-electron chi connectivity index (χ4n) is 1.95. The Morgan fingerprint density at radius 3 is 2.74 bits per heavy atom. The molecule has 0 aliphatic carbocycles. The van der Waals surface area contributed by atoms with Crippen LogP contribution in [-0.2, 0) is 13.6 Å². The van der Waals surface area contributed by atoms with Gasteiger partial charge in [0.2, 0.25) is 0 Å². The number of hydrogen-bond acceptors (Lipinski definition) is 3. The molecule has 1 aromatic heterocycles. The lowest BCUT2D eigenvalue weighted by atomic mass is 10.3. The molecule has 4 nitrogen and oxygen atoms in total. The van der Waals surface area contributed by atoms with Gasteiger partial charge in [-0.1, -0.05) is 18.2 Å². The Labute approximate surface area is 114 Å². The van der Waals surface area contributed by atoms with Crippen molar-refractivity contribution in [3.8, 4) is 5.75 Å². The second kappa shape index (κ2) is 6.95. The van der Waals surface area contributed by atoms with Crippen LogP contribution in [0.4, 0.5) is 0 Å². The fourth-order valence-corrected chi connectivity index (χ4v) is 1.95. The van der Waals surface area contributed by atoms with Crippen molar-refractivity contribution >= 4 is 0 Å². The third kappa shape index (κ3) is 4.41. The van der Waals surface area contributed by atoms with Gasteiger partial charge in [0.1, 0.15) is 5.75 Å². The number of aryl methyl sites for hydroxylation is 2. The summed E-state index contributed by atoms with van der Waals surface area (Å²) in [7, 11) is 1.97. The molecule has 0 saturated carbocycles. The third-order valence-corrected chi connectivity index (χ3v) is 2.91. The van der Waals surface area contributed by atoms with E-state index in [0.717, 1.165) is 37.6 Å². The maximum absolute atomic E-state index is 5.63. The number of benzene rings is 1. The van der Waals surface area contributed by atoms with Crippen molar-refractivity contribution in [2.75, 3.05) is 13.2 Å². The highest BCUT2D eigenvalue weighted by molar-refractivity contribution is 5.20. The predicted octanol–water partition coefficient (Wildman–Crippen LogP) is 2.29. The van der Waals surface area contributed by atoms with Crippen LogP contribution in [0.2, 0.25) is 0 Å². The lowest BCUT2D eigenvalue weighted by molar-refractivity contribution is 0.308. The van der Waals surface area contributed by atoms with Gasteiger partial charge in [0.15, 0.2) is 0 Å². The first-order chi connectivity index (χ1) is 9.25. The van der Waals surface area contributed by atoms with Gasteiger partial charge in [0.25, 0.3) is 0 Å². The van der Waals surface area contributed by atoms with Gasteiger partial charge < -0.3 is 10.1 Å². The monoisotopic (exact) mass is 259 g/mol. The zero-order valence-corrected chi connectivity index (χ0v) is 11.6. The molecule has 4 heteroatoms. The van der Waals surface area contributed by atoms with Crippen LogP contribution < -0.4 is 10.1 Å². The molecule has 0 saturated heterocycles. The zero-order chi connectivity index (χ0) is 13.5. The molecule has 0 amide bonds. The molecule has 0 radical (unpaired) electrons. The summed E-state index contributed by atoms with van der Waals surface area (Å²) in [5.41, 5.74) is 2.27. The van der Waals surface area contributed by atoms with Crippen LogP contribution in [0, 0.1) is 6.92 Å². The lowest BCUT2D eigenvalue weighted by Crippen LogP contribution is -2.18. The van der Waals surface area contributed by atoms with Crippen molar-refractivity contribution in [1.29, 1.82) is 0 Å². The summed E-state index contributed by atoms with van der Waals surface area (Å²) in [6, 6.07) is 12.0. The van der Waals surface area contributed by atoms with E-state index in [-0.39, 0.29) is 0 Å². The first-order valence-electron chi connectivity index (χ1n) is 6.64. The smallest absolute Gasteiger partial charge is 0.119 e. The summed E-state index contributed by atoms with van der Waals surface area (Å²) < 4.78 is 7.55. The normalized spacial score (nSPS) is 10.6. The number of nitrogens with one attached hydrogen (secondary N) is 1. The minimum absolute atomic E-state index is 0.738. The van der Waals surface area contributed by atoms with Crippen molar-refractivity contribution in [2.45, 2.75) is 19.9 Å². The van der Waals surface area contributed by atoms with E-state index in [1.165, 1.54) is 5.69 Å². The van der Waals surface area contributed by atoms with E-state index in [4.69, 9.17) is 4.74 Å². The molecule has 0 aliphatic rings. The molecule has 0 atom stereocenters. The van der Waals surface area contributed by atoms with Crippen molar-refractivity contribution in [1.82, 2.24) is 15.1 Å². The molecule has 19 heavy (non-hydrogen) atoms. The van der Waals surface area contributed by atoms with Crippen molar-refractivity contribution < 1.29 is 4.74 Å². The average molecular weight is 259 g/mol. The number of ether oxygens (including phenoxy) is 1. The number of hydrogen-bond donors (Lipinski definition) is 1. The van der Waals surface area contributed by atoms with Crippen LogP contribution in [0.5, 0.6) is 5.75 Å². The van der Waals surface area contributed by atoms with E-state index in [1.807, 2.05) is 49.0 Å². The molecule has 2 rings (SSSR count). The van der Waals surface area contributed by atoms with Crippen LogP contribution in [0.1, 0.15) is 17.8 Å². The van der Waals surface area contributed by atoms with Gasteiger partial charge in [-0.25, -0.2) is 0 Å². The molecule has 1 N–H and O–H groups in total. The number of aromatic nitrogens is 2. The Morgan fingerprint density at radius 1 is 1.26 bits per heavy atom. The standard InChI is InChI=1S/C15H21N3O/c1-13-11-14(18(2)17-13)12-16-9-6-10-19-15-7-4-3-5-8-15/h3-5,7-8,11,16H,6,9-10,12H2,1-2H3. The summed E-state index contributed by atoms with van der Waals surface area (Å²) in [6.45, 7) is 4.54. The van der Waals surface area contributed by atoms with Crippen molar-refractivity contribution in [2.24, 2.45) is 7.05 Å². The Kier molecular flexibility index (Phi) is 4.98. The molecular formula is C15H21N3O. The molecule has 102 valence electrons. The van der Waals surface area contributed by atoms with Gasteiger partial charge >= 0.3 is 0 Å². The molecule has 0 aliphatic heterocycles. The maximum Gasteiger partial charge on any atom is 0.119 e. The van der Waals surface area contributed by atoms with Crippen LogP contribution in [-0.4, -0.2) is 22.9 Å². The molecule has 0 fully saturated rings. The molecular weight excluding hydrogens is 238 g/mol.